The van der Waals surface area contributed by atoms with Gasteiger partial charge in [-0.2, -0.15) is 12.1 Å². The second-order valence-electron chi connectivity index (χ2n) is 22.8. The average molecular weight is 1200 g/mol. The molecule has 9 aromatic carbocycles. The molecule has 78 heavy (non-hydrogen) atoms. The molecule has 13 rings (SSSR count). The molecule has 5 nitrogen and oxygen atoms in total. The van der Waals surface area contributed by atoms with Crippen LogP contribution in [0.5, 0.6) is 11.5 Å². The number of ether oxygens (including phenoxy) is 1. The topological polar surface area (TPSA) is 35.2 Å². The third-order valence-corrected chi connectivity index (χ3v) is 15.1. The monoisotopic (exact) mass is 1190 g/mol. The molecule has 0 saturated heterocycles. The zero-order valence-electron chi connectivity index (χ0n) is 47.2. The van der Waals surface area contributed by atoms with Gasteiger partial charge in [0, 0.05) is 52.7 Å². The van der Waals surface area contributed by atoms with Gasteiger partial charge in [-0.1, -0.05) is 206 Å². The maximum atomic E-state index is 9.42. The summed E-state index contributed by atoms with van der Waals surface area (Å²) in [6, 6.07) is 76.1. The number of nitrogens with zero attached hydrogens (tertiary/aromatic N) is 4. The van der Waals surface area contributed by atoms with Gasteiger partial charge in [0.15, 0.2) is 0 Å². The third-order valence-electron chi connectivity index (χ3n) is 15.1. The van der Waals surface area contributed by atoms with E-state index in [9.17, 15) is 2.74 Å². The van der Waals surface area contributed by atoms with Crippen LogP contribution in [0, 0.1) is 24.7 Å². The van der Waals surface area contributed by atoms with Crippen molar-refractivity contribution in [1.29, 1.82) is 0 Å². The van der Waals surface area contributed by atoms with Crippen molar-refractivity contribution in [1.82, 2.24) is 14.1 Å². The van der Waals surface area contributed by atoms with Gasteiger partial charge in [0.2, 0.25) is 0 Å². The van der Waals surface area contributed by atoms with Gasteiger partial charge in [-0.3, -0.25) is 0 Å². The molecule has 388 valence electrons. The molecule has 0 saturated carbocycles. The number of anilines is 2. The summed E-state index contributed by atoms with van der Waals surface area (Å²) in [5, 5.41) is 8.88. The number of para-hydroxylation sites is 2. The van der Waals surface area contributed by atoms with Crippen LogP contribution in [0.15, 0.2) is 200 Å². The predicted molar refractivity (Wildman–Crippen MR) is 323 cm³/mol. The van der Waals surface area contributed by atoms with Gasteiger partial charge in [0.25, 0.3) is 0 Å². The minimum absolute atomic E-state index is 0. The molecule has 12 aromatic rings. The smallest absolute Gasteiger partial charge is 0.135 e. The Balaban J connectivity index is 0.00000637. The van der Waals surface area contributed by atoms with Crippen LogP contribution in [0.3, 0.4) is 0 Å². The Morgan fingerprint density at radius 3 is 1.87 bits per heavy atom. The largest absolute Gasteiger partial charge is 0.509 e. The normalized spacial score (nSPS) is 13.1. The molecule has 6 heteroatoms. The first-order chi connectivity index (χ1) is 38.0. The zero-order chi connectivity index (χ0) is 54.5. The molecule has 0 amide bonds. The van der Waals surface area contributed by atoms with E-state index in [2.05, 4.69) is 250 Å². The molecule has 0 spiro atoms. The maximum absolute atomic E-state index is 9.42. The van der Waals surface area contributed by atoms with Crippen molar-refractivity contribution < 1.29 is 28.5 Å². The van der Waals surface area contributed by atoms with Gasteiger partial charge >= 0.3 is 0 Å². The molecule has 1 aliphatic rings. The van der Waals surface area contributed by atoms with Crippen LogP contribution in [0.1, 0.15) is 74.8 Å². The number of pyridine rings is 1. The molecule has 0 unspecified atom stereocenters. The van der Waals surface area contributed by atoms with Crippen molar-refractivity contribution in [2.45, 2.75) is 72.6 Å². The fourth-order valence-corrected chi connectivity index (χ4v) is 11.5. The fourth-order valence-electron chi connectivity index (χ4n) is 11.5. The maximum Gasteiger partial charge on any atom is 0.135 e. The molecule has 0 bridgehead atoms. The van der Waals surface area contributed by atoms with E-state index in [0.29, 0.717) is 17.1 Å². The van der Waals surface area contributed by atoms with Crippen molar-refractivity contribution in [3.05, 3.63) is 236 Å². The summed E-state index contributed by atoms with van der Waals surface area (Å²) in [6.45, 7) is 19.4. The number of aromatic nitrogens is 3. The molecular formula is C72H61N4OPt-3. The van der Waals surface area contributed by atoms with Gasteiger partial charge < -0.3 is 18.8 Å². The van der Waals surface area contributed by atoms with Crippen molar-refractivity contribution in [2.75, 3.05) is 4.90 Å². The summed E-state index contributed by atoms with van der Waals surface area (Å²) >= 11 is 0. The Bertz CT molecular complexity index is 4480. The average Bonchev–Trinajstić information content (AvgIpc) is 3.54. The summed E-state index contributed by atoms with van der Waals surface area (Å²) in [7, 11) is 0. The first-order valence-electron chi connectivity index (χ1n) is 27.8. The molecule has 3 aromatic heterocycles. The summed E-state index contributed by atoms with van der Waals surface area (Å²) in [4.78, 5) is 7.21. The quantitative estimate of drug-likeness (QED) is 0.142. The summed E-state index contributed by atoms with van der Waals surface area (Å²) in [5.41, 5.74) is 12.6. The van der Waals surface area contributed by atoms with Gasteiger partial charge in [-0.15, -0.1) is 35.7 Å². The Hall–Kier alpha value is -8.11. The second-order valence-corrected chi connectivity index (χ2v) is 22.8. The molecule has 1 aliphatic heterocycles. The molecule has 0 fully saturated rings. The minimum atomic E-state index is -1.56. The first-order valence-corrected chi connectivity index (χ1v) is 26.8. The van der Waals surface area contributed by atoms with Crippen LogP contribution in [0.4, 0.5) is 11.4 Å². The summed E-state index contributed by atoms with van der Waals surface area (Å²) in [6.07, 6.45) is 0.346. The Labute approximate surface area is 475 Å². The van der Waals surface area contributed by atoms with E-state index in [1.807, 2.05) is 38.2 Å². The van der Waals surface area contributed by atoms with Crippen molar-refractivity contribution in [3.8, 4) is 39.6 Å². The van der Waals surface area contributed by atoms with E-state index in [1.54, 1.807) is 0 Å². The van der Waals surface area contributed by atoms with Gasteiger partial charge in [0.1, 0.15) is 5.82 Å². The van der Waals surface area contributed by atoms with Crippen LogP contribution in [0.25, 0.3) is 93.2 Å². The third kappa shape index (κ3) is 8.89. The van der Waals surface area contributed by atoms with Gasteiger partial charge in [-0.05, 0) is 142 Å². The Morgan fingerprint density at radius 1 is 0.551 bits per heavy atom. The zero-order valence-corrected chi connectivity index (χ0v) is 47.5. The Kier molecular flexibility index (Phi) is 12.2. The molecule has 4 heterocycles. The molecule has 0 N–H and O–H groups in total. The van der Waals surface area contributed by atoms with Crippen LogP contribution < -0.4 is 9.64 Å². The van der Waals surface area contributed by atoms with Crippen LogP contribution in [-0.2, 0) is 38.3 Å². The van der Waals surface area contributed by atoms with Crippen molar-refractivity contribution in [2.24, 2.45) is 5.92 Å². The fraction of sp³-hybridized carbons (Fsp3) is 0.167. The Morgan fingerprint density at radius 2 is 1.17 bits per heavy atom. The number of fused-ring (bicyclic) bond motifs is 10. The van der Waals surface area contributed by atoms with E-state index in [1.165, 1.54) is 5.56 Å². The SMILES string of the molecule is [2H]C([2H])(c1cc(-c2cccc3c4ccccc4c4ccccc4c4cccc5c4n(c23)[CH-]N5c2[c-]c(Oc3[c-]c4c(cc3)c3c(-c5ccccc5)cccc3n4-c3cc(C(C)(C)C)ccn3)ccc2)cc(C(C)(C)C)c1)C(C)C.[Pt]. The van der Waals surface area contributed by atoms with Gasteiger partial charge in [0.05, 0.1) is 0 Å². The summed E-state index contributed by atoms with van der Waals surface area (Å²) < 4.78 is 30.3. The van der Waals surface area contributed by atoms with Crippen LogP contribution >= 0.6 is 0 Å². The molecule has 0 aliphatic carbocycles. The standard InChI is InChI=1S/C72H61N4O.Pt/c1-46(2)38-47-39-49(41-51(40-47)72(6,7)8)56-29-17-30-61-59-26-14-12-24-57(59)58-25-13-15-27-60(58)62-31-19-33-65-70(62)75(69(56)61)45-74(65)52-22-16-23-53(43-52)77-54-34-35-63-66(44-54)76(67-42-50(36-37-73-67)71(3,4)5)64-32-18-28-55(68(63)64)48-20-10-9-11-21-48;/h9-37,39-42,45-46H,38H2,1-8H3;/q-3;/i38D2;. The van der Waals surface area contributed by atoms with Crippen molar-refractivity contribution in [3.63, 3.8) is 0 Å². The molecular weight excluding hydrogens is 1130 g/mol. The van der Waals surface area contributed by atoms with E-state index >= 15 is 0 Å². The second kappa shape index (κ2) is 19.7. The van der Waals surface area contributed by atoms with E-state index in [4.69, 9.17) is 9.72 Å². The van der Waals surface area contributed by atoms with E-state index in [-0.39, 0.29) is 37.8 Å². The molecule has 0 radical (unpaired) electrons. The summed E-state index contributed by atoms with van der Waals surface area (Å²) in [5.74, 6) is 1.69. The number of hydrogen-bond acceptors (Lipinski definition) is 3. The number of rotatable bonds is 8. The van der Waals surface area contributed by atoms with Crippen molar-refractivity contribution >= 4 is 76.5 Å². The van der Waals surface area contributed by atoms with E-state index in [0.717, 1.165) is 110 Å². The van der Waals surface area contributed by atoms with E-state index < -0.39 is 6.37 Å². The molecule has 0 atom stereocenters. The number of hydrogen-bond donors (Lipinski definition) is 0. The van der Waals surface area contributed by atoms with Crippen LogP contribution in [0.2, 0.25) is 0 Å². The first kappa shape index (κ1) is 48.3. The number of benzene rings is 9. The van der Waals surface area contributed by atoms with Gasteiger partial charge in [-0.25, -0.2) is 4.98 Å². The van der Waals surface area contributed by atoms with Crippen LogP contribution in [-0.4, -0.2) is 14.1 Å². The minimum Gasteiger partial charge on any atom is -0.509 e. The predicted octanol–water partition coefficient (Wildman–Crippen LogP) is 19.4.